The Balaban J connectivity index is 2.74. The molecule has 0 saturated carbocycles. The van der Waals surface area contributed by atoms with E-state index < -0.39 is 6.10 Å². The maximum Gasteiger partial charge on any atom is 0.0968 e. The number of allylic oxidation sites excluding steroid dienone is 1. The summed E-state index contributed by atoms with van der Waals surface area (Å²) in [6, 6.07) is 0. The summed E-state index contributed by atoms with van der Waals surface area (Å²) in [5, 5.41) is 9.00. The Kier molecular flexibility index (Phi) is 1.44. The molecule has 0 amide bonds. The summed E-state index contributed by atoms with van der Waals surface area (Å²) in [7, 11) is 0. The Morgan fingerprint density at radius 1 is 1.56 bits per heavy atom. The monoisotopic (exact) mass is 126 g/mol. The first-order chi connectivity index (χ1) is 4.20. The van der Waals surface area contributed by atoms with E-state index in [1.807, 2.05) is 0 Å². The van der Waals surface area contributed by atoms with Crippen molar-refractivity contribution in [2.75, 3.05) is 0 Å². The zero-order chi connectivity index (χ0) is 6.85. The molecule has 0 fully saturated rings. The minimum Gasteiger partial charge on any atom is -0.400 e. The zero-order valence-electron chi connectivity index (χ0n) is 5.04. The molecule has 3 heteroatoms. The summed E-state index contributed by atoms with van der Waals surface area (Å²) in [6.45, 7) is 0. The van der Waals surface area contributed by atoms with Gasteiger partial charge in [0, 0.05) is 11.4 Å². The lowest BCUT2D eigenvalue weighted by Crippen LogP contribution is -2.20. The van der Waals surface area contributed by atoms with Crippen LogP contribution in [0.1, 0.15) is 6.42 Å². The second-order valence-electron chi connectivity index (χ2n) is 2.10. The van der Waals surface area contributed by atoms with Crippen molar-refractivity contribution in [2.24, 2.45) is 11.5 Å². The van der Waals surface area contributed by atoms with E-state index in [0.29, 0.717) is 17.8 Å². The van der Waals surface area contributed by atoms with Crippen LogP contribution in [0.3, 0.4) is 0 Å². The number of rotatable bonds is 0. The molecule has 1 aliphatic rings. The molecule has 1 aliphatic carbocycles. The zero-order valence-corrected chi connectivity index (χ0v) is 5.04. The van der Waals surface area contributed by atoms with E-state index in [2.05, 4.69) is 0 Å². The summed E-state index contributed by atoms with van der Waals surface area (Å²) in [6.07, 6.45) is 3.33. The first-order valence-electron chi connectivity index (χ1n) is 2.81. The maximum absolute atomic E-state index is 9.00. The first kappa shape index (κ1) is 6.16. The third kappa shape index (κ3) is 1.23. The van der Waals surface area contributed by atoms with E-state index in [4.69, 9.17) is 16.6 Å². The van der Waals surface area contributed by atoms with Crippen LogP contribution in [-0.2, 0) is 0 Å². The third-order valence-electron chi connectivity index (χ3n) is 1.29. The van der Waals surface area contributed by atoms with E-state index in [9.17, 15) is 0 Å². The molecule has 0 saturated heterocycles. The largest absolute Gasteiger partial charge is 0.400 e. The minimum atomic E-state index is -0.530. The molecule has 5 N–H and O–H groups in total. The topological polar surface area (TPSA) is 72.3 Å². The van der Waals surface area contributed by atoms with E-state index in [1.54, 1.807) is 12.2 Å². The van der Waals surface area contributed by atoms with Crippen molar-refractivity contribution in [1.82, 2.24) is 0 Å². The highest BCUT2D eigenvalue weighted by molar-refractivity contribution is 5.26. The van der Waals surface area contributed by atoms with Crippen molar-refractivity contribution >= 4 is 0 Å². The van der Waals surface area contributed by atoms with Crippen LogP contribution >= 0.6 is 0 Å². The van der Waals surface area contributed by atoms with Crippen LogP contribution in [-0.4, -0.2) is 11.2 Å². The summed E-state index contributed by atoms with van der Waals surface area (Å²) < 4.78 is 0. The van der Waals surface area contributed by atoms with Gasteiger partial charge in [0.2, 0.25) is 0 Å². The highest BCUT2D eigenvalue weighted by atomic mass is 16.3. The van der Waals surface area contributed by atoms with Crippen LogP contribution in [0, 0.1) is 0 Å². The van der Waals surface area contributed by atoms with Gasteiger partial charge in [0.05, 0.1) is 6.10 Å². The summed E-state index contributed by atoms with van der Waals surface area (Å²) >= 11 is 0. The van der Waals surface area contributed by atoms with Gasteiger partial charge >= 0.3 is 0 Å². The Morgan fingerprint density at radius 3 is 2.67 bits per heavy atom. The highest BCUT2D eigenvalue weighted by Gasteiger charge is 2.09. The summed E-state index contributed by atoms with van der Waals surface area (Å²) in [5.74, 6) is 0. The molecule has 0 aromatic heterocycles. The SMILES string of the molecule is NC1=CCC(O)C(N)=C1. The second-order valence-corrected chi connectivity index (χ2v) is 2.10. The van der Waals surface area contributed by atoms with Crippen LogP contribution in [0.5, 0.6) is 0 Å². The molecular formula is C6H10N2O. The van der Waals surface area contributed by atoms with Gasteiger partial charge in [-0.3, -0.25) is 0 Å². The standard InChI is InChI=1S/C6H10N2O/c7-4-1-2-6(9)5(8)3-4/h1,3,6,9H,2,7-8H2. The van der Waals surface area contributed by atoms with E-state index in [-0.39, 0.29) is 0 Å². The first-order valence-corrected chi connectivity index (χ1v) is 2.81. The van der Waals surface area contributed by atoms with Gasteiger partial charge in [0.15, 0.2) is 0 Å². The molecule has 3 nitrogen and oxygen atoms in total. The predicted octanol–water partition coefficient (Wildman–Crippen LogP) is -0.564. The van der Waals surface area contributed by atoms with Crippen molar-refractivity contribution in [3.8, 4) is 0 Å². The van der Waals surface area contributed by atoms with E-state index >= 15 is 0 Å². The van der Waals surface area contributed by atoms with Gasteiger partial charge in [0.25, 0.3) is 0 Å². The lowest BCUT2D eigenvalue weighted by atomic mass is 10.1. The number of aliphatic hydroxyl groups excluding tert-OH is 1. The summed E-state index contributed by atoms with van der Waals surface area (Å²) in [4.78, 5) is 0. The Hall–Kier alpha value is -0.960. The van der Waals surface area contributed by atoms with Crippen molar-refractivity contribution in [1.29, 1.82) is 0 Å². The lowest BCUT2D eigenvalue weighted by molar-refractivity contribution is 0.210. The lowest BCUT2D eigenvalue weighted by Gasteiger charge is -2.12. The number of aliphatic hydroxyl groups is 1. The summed E-state index contributed by atoms with van der Waals surface area (Å²) in [5.41, 5.74) is 11.8. The second kappa shape index (κ2) is 2.11. The molecular weight excluding hydrogens is 116 g/mol. The van der Waals surface area contributed by atoms with E-state index in [1.165, 1.54) is 0 Å². The molecule has 50 valence electrons. The van der Waals surface area contributed by atoms with Gasteiger partial charge in [-0.25, -0.2) is 0 Å². The smallest absolute Gasteiger partial charge is 0.0968 e. The highest BCUT2D eigenvalue weighted by Crippen LogP contribution is 2.09. The van der Waals surface area contributed by atoms with Crippen molar-refractivity contribution in [2.45, 2.75) is 12.5 Å². The molecule has 0 spiro atoms. The van der Waals surface area contributed by atoms with Crippen LogP contribution in [0.2, 0.25) is 0 Å². The minimum absolute atomic E-state index is 0.454. The Morgan fingerprint density at radius 2 is 2.22 bits per heavy atom. The number of hydrogen-bond donors (Lipinski definition) is 3. The van der Waals surface area contributed by atoms with E-state index in [0.717, 1.165) is 0 Å². The third-order valence-corrected chi connectivity index (χ3v) is 1.29. The number of nitrogens with two attached hydrogens (primary N) is 2. The van der Waals surface area contributed by atoms with Gasteiger partial charge in [-0.2, -0.15) is 0 Å². The Labute approximate surface area is 53.7 Å². The molecule has 0 heterocycles. The Bertz CT molecular complexity index is 172. The molecule has 1 rings (SSSR count). The molecule has 0 aliphatic heterocycles. The molecule has 0 aromatic carbocycles. The van der Waals surface area contributed by atoms with Crippen molar-refractivity contribution in [3.63, 3.8) is 0 Å². The normalized spacial score (nSPS) is 27.0. The fourth-order valence-electron chi connectivity index (χ4n) is 0.731. The van der Waals surface area contributed by atoms with Crippen molar-refractivity contribution in [3.05, 3.63) is 23.5 Å². The van der Waals surface area contributed by atoms with Gasteiger partial charge in [-0.05, 0) is 12.5 Å². The quantitative estimate of drug-likeness (QED) is 0.407. The molecule has 0 bridgehead atoms. The van der Waals surface area contributed by atoms with Gasteiger partial charge in [-0.1, -0.05) is 6.08 Å². The molecule has 0 radical (unpaired) electrons. The molecule has 0 aromatic rings. The molecule has 9 heavy (non-hydrogen) atoms. The van der Waals surface area contributed by atoms with Crippen LogP contribution in [0.25, 0.3) is 0 Å². The predicted molar refractivity (Wildman–Crippen MR) is 35.2 cm³/mol. The van der Waals surface area contributed by atoms with Crippen molar-refractivity contribution < 1.29 is 5.11 Å². The molecule has 1 unspecified atom stereocenters. The van der Waals surface area contributed by atoms with Crippen LogP contribution in [0.15, 0.2) is 23.5 Å². The van der Waals surface area contributed by atoms with Gasteiger partial charge in [-0.15, -0.1) is 0 Å². The van der Waals surface area contributed by atoms with Gasteiger partial charge in [0.1, 0.15) is 0 Å². The fourth-order valence-corrected chi connectivity index (χ4v) is 0.731. The average molecular weight is 126 g/mol. The van der Waals surface area contributed by atoms with Gasteiger partial charge < -0.3 is 16.6 Å². The average Bonchev–Trinajstić information content (AvgIpc) is 1.80. The van der Waals surface area contributed by atoms with Crippen LogP contribution in [0.4, 0.5) is 0 Å². The maximum atomic E-state index is 9.00. The van der Waals surface area contributed by atoms with Crippen LogP contribution < -0.4 is 11.5 Å². The molecule has 1 atom stereocenters. The number of hydrogen-bond acceptors (Lipinski definition) is 3. The fraction of sp³-hybridized carbons (Fsp3) is 0.333.